The van der Waals surface area contributed by atoms with E-state index in [1.54, 1.807) is 0 Å². The Labute approximate surface area is 130 Å². The highest BCUT2D eigenvalue weighted by molar-refractivity contribution is 7.99. The third kappa shape index (κ3) is 5.31. The van der Waals surface area contributed by atoms with Crippen LogP contribution in [0.25, 0.3) is 0 Å². The van der Waals surface area contributed by atoms with E-state index in [-0.39, 0.29) is 0 Å². The third-order valence-electron chi connectivity index (χ3n) is 3.22. The van der Waals surface area contributed by atoms with Gasteiger partial charge in [0.2, 0.25) is 0 Å². The molecule has 0 aliphatic carbocycles. The highest BCUT2D eigenvalue weighted by atomic mass is 32.2. The molecule has 2 aromatic rings. The van der Waals surface area contributed by atoms with Crippen molar-refractivity contribution in [2.45, 2.75) is 31.1 Å². The Kier molecular flexibility index (Phi) is 6.64. The Morgan fingerprint density at radius 1 is 1.10 bits per heavy atom. The lowest BCUT2D eigenvalue weighted by atomic mass is 10.0. The maximum Gasteiger partial charge on any atom is 0.0106 e. The number of nitrogens with one attached hydrogen (secondary N) is 1. The highest BCUT2D eigenvalue weighted by Gasteiger charge is 1.99. The summed E-state index contributed by atoms with van der Waals surface area (Å²) in [4.78, 5) is 2.84. The van der Waals surface area contributed by atoms with Crippen LogP contribution in [0.1, 0.15) is 30.2 Å². The van der Waals surface area contributed by atoms with Crippen LogP contribution >= 0.6 is 23.1 Å². The van der Waals surface area contributed by atoms with Crippen LogP contribution in [0, 0.1) is 0 Å². The minimum absolute atomic E-state index is 0.618. The van der Waals surface area contributed by atoms with Gasteiger partial charge in [0.1, 0.15) is 0 Å². The molecule has 3 heteroatoms. The summed E-state index contributed by atoms with van der Waals surface area (Å²) in [5.74, 6) is 1.75. The van der Waals surface area contributed by atoms with Gasteiger partial charge in [0.05, 0.1) is 0 Å². The fourth-order valence-electron chi connectivity index (χ4n) is 1.98. The summed E-state index contributed by atoms with van der Waals surface area (Å²) in [5.41, 5.74) is 1.42. The molecule has 0 saturated carbocycles. The van der Waals surface area contributed by atoms with Crippen molar-refractivity contribution in [3.8, 4) is 0 Å². The quantitative estimate of drug-likeness (QED) is 0.555. The Bertz CT molecular complexity index is 474. The molecule has 0 atom stereocenters. The molecule has 1 N–H and O–H groups in total. The molecule has 20 heavy (non-hydrogen) atoms. The van der Waals surface area contributed by atoms with Gasteiger partial charge < -0.3 is 5.32 Å². The molecule has 0 bridgehead atoms. The van der Waals surface area contributed by atoms with E-state index in [2.05, 4.69) is 60.9 Å². The van der Waals surface area contributed by atoms with Gasteiger partial charge in [-0.25, -0.2) is 0 Å². The summed E-state index contributed by atoms with van der Waals surface area (Å²) in [5, 5.41) is 5.65. The van der Waals surface area contributed by atoms with Crippen molar-refractivity contribution in [2.75, 3.05) is 18.8 Å². The predicted molar refractivity (Wildman–Crippen MR) is 92.1 cm³/mol. The lowest BCUT2D eigenvalue weighted by molar-refractivity contribution is 0.725. The molecule has 0 aliphatic heterocycles. The largest absolute Gasteiger partial charge is 0.316 e. The summed E-state index contributed by atoms with van der Waals surface area (Å²) < 4.78 is 0. The van der Waals surface area contributed by atoms with E-state index in [9.17, 15) is 0 Å². The fourth-order valence-corrected chi connectivity index (χ4v) is 3.50. The molecule has 1 aromatic carbocycles. The van der Waals surface area contributed by atoms with Crippen LogP contribution in [0.15, 0.2) is 46.7 Å². The average Bonchev–Trinajstić information content (AvgIpc) is 2.96. The normalized spacial score (nSPS) is 11.2. The highest BCUT2D eigenvalue weighted by Crippen LogP contribution is 2.21. The van der Waals surface area contributed by atoms with Crippen molar-refractivity contribution in [3.05, 3.63) is 52.2 Å². The van der Waals surface area contributed by atoms with Gasteiger partial charge in [0.15, 0.2) is 0 Å². The molecule has 0 amide bonds. The molecule has 0 aliphatic rings. The van der Waals surface area contributed by atoms with Gasteiger partial charge in [-0.05, 0) is 48.0 Å². The number of benzene rings is 1. The smallest absolute Gasteiger partial charge is 0.0106 e. The second-order valence-electron chi connectivity index (χ2n) is 5.15. The average molecular weight is 306 g/mol. The van der Waals surface area contributed by atoms with Gasteiger partial charge in [0, 0.05) is 22.1 Å². The molecule has 0 spiro atoms. The minimum atomic E-state index is 0.618. The lowest BCUT2D eigenvalue weighted by Gasteiger charge is -2.07. The van der Waals surface area contributed by atoms with Gasteiger partial charge in [-0.1, -0.05) is 32.0 Å². The van der Waals surface area contributed by atoms with Crippen LogP contribution in [-0.4, -0.2) is 18.8 Å². The summed E-state index contributed by atoms with van der Waals surface area (Å²) in [7, 11) is 0. The van der Waals surface area contributed by atoms with Crippen molar-refractivity contribution in [1.29, 1.82) is 0 Å². The maximum absolute atomic E-state index is 3.51. The van der Waals surface area contributed by atoms with E-state index in [1.807, 2.05) is 23.1 Å². The molecule has 108 valence electrons. The zero-order chi connectivity index (χ0) is 14.2. The summed E-state index contributed by atoms with van der Waals surface area (Å²) in [6.45, 7) is 6.62. The zero-order valence-electron chi connectivity index (χ0n) is 12.3. The molecule has 1 heterocycles. The van der Waals surface area contributed by atoms with Crippen LogP contribution in [0.2, 0.25) is 0 Å². The van der Waals surface area contributed by atoms with E-state index < -0.39 is 0 Å². The number of hydrogen-bond acceptors (Lipinski definition) is 3. The second-order valence-corrected chi connectivity index (χ2v) is 7.35. The first-order chi connectivity index (χ1) is 9.75. The van der Waals surface area contributed by atoms with Crippen LogP contribution in [0.4, 0.5) is 0 Å². The molecule has 0 unspecified atom stereocenters. The van der Waals surface area contributed by atoms with Crippen molar-refractivity contribution in [2.24, 2.45) is 0 Å². The van der Waals surface area contributed by atoms with Gasteiger partial charge in [-0.2, -0.15) is 0 Å². The summed E-state index contributed by atoms with van der Waals surface area (Å²) in [6, 6.07) is 13.3. The summed E-state index contributed by atoms with van der Waals surface area (Å²) >= 11 is 3.77. The van der Waals surface area contributed by atoms with Crippen molar-refractivity contribution >= 4 is 23.1 Å². The Morgan fingerprint density at radius 3 is 2.55 bits per heavy atom. The van der Waals surface area contributed by atoms with Gasteiger partial charge in [0.25, 0.3) is 0 Å². The SMILES string of the molecule is CC(C)c1ccc(SCCNCCc2cccs2)cc1. The van der Waals surface area contributed by atoms with Crippen LogP contribution in [0.3, 0.4) is 0 Å². The van der Waals surface area contributed by atoms with E-state index >= 15 is 0 Å². The van der Waals surface area contributed by atoms with E-state index in [1.165, 1.54) is 15.3 Å². The molecule has 1 nitrogen and oxygen atoms in total. The van der Waals surface area contributed by atoms with Gasteiger partial charge in [-0.3, -0.25) is 0 Å². The monoisotopic (exact) mass is 305 g/mol. The van der Waals surface area contributed by atoms with Crippen LogP contribution in [-0.2, 0) is 6.42 Å². The fraction of sp³-hybridized carbons (Fsp3) is 0.412. The van der Waals surface area contributed by atoms with Crippen molar-refractivity contribution in [3.63, 3.8) is 0 Å². The number of thioether (sulfide) groups is 1. The second kappa shape index (κ2) is 8.50. The predicted octanol–water partition coefficient (Wildman–Crippen LogP) is 4.80. The summed E-state index contributed by atoms with van der Waals surface area (Å²) in [6.07, 6.45) is 1.14. The Hall–Kier alpha value is -0.770. The molecular weight excluding hydrogens is 282 g/mol. The molecule has 0 fully saturated rings. The molecule has 2 rings (SSSR count). The first-order valence-corrected chi connectivity index (χ1v) is 9.08. The molecule has 0 saturated heterocycles. The van der Waals surface area contributed by atoms with Crippen molar-refractivity contribution in [1.82, 2.24) is 5.32 Å². The van der Waals surface area contributed by atoms with E-state index in [0.717, 1.165) is 25.3 Å². The number of rotatable bonds is 8. The lowest BCUT2D eigenvalue weighted by Crippen LogP contribution is -2.19. The first kappa shape index (κ1) is 15.6. The molecule has 1 aromatic heterocycles. The number of hydrogen-bond donors (Lipinski definition) is 1. The van der Waals surface area contributed by atoms with Gasteiger partial charge in [-0.15, -0.1) is 23.1 Å². The zero-order valence-corrected chi connectivity index (χ0v) is 13.9. The van der Waals surface area contributed by atoms with Gasteiger partial charge >= 0.3 is 0 Å². The molecule has 0 radical (unpaired) electrons. The first-order valence-electron chi connectivity index (χ1n) is 7.21. The van der Waals surface area contributed by atoms with Crippen molar-refractivity contribution < 1.29 is 0 Å². The van der Waals surface area contributed by atoms with E-state index in [4.69, 9.17) is 0 Å². The number of thiophene rings is 1. The van der Waals surface area contributed by atoms with Crippen LogP contribution < -0.4 is 5.32 Å². The topological polar surface area (TPSA) is 12.0 Å². The Morgan fingerprint density at radius 2 is 1.90 bits per heavy atom. The third-order valence-corrected chi connectivity index (χ3v) is 5.17. The standard InChI is InChI=1S/C17H23NS2/c1-14(2)15-5-7-17(8-6-15)20-13-11-18-10-9-16-4-3-12-19-16/h3-8,12,14,18H,9-11,13H2,1-2H3. The van der Waals surface area contributed by atoms with E-state index in [0.29, 0.717) is 5.92 Å². The minimum Gasteiger partial charge on any atom is -0.316 e. The van der Waals surface area contributed by atoms with Crippen LogP contribution in [0.5, 0.6) is 0 Å². The maximum atomic E-state index is 3.51. The Balaban J connectivity index is 1.58. The molecular formula is C17H23NS2.